The Morgan fingerprint density at radius 2 is 1.86 bits per heavy atom. The molecule has 0 aromatic heterocycles. The summed E-state index contributed by atoms with van der Waals surface area (Å²) in [6.07, 6.45) is 4.06. The zero-order chi connectivity index (χ0) is 15.4. The van der Waals surface area contributed by atoms with Crippen LogP contribution in [0.3, 0.4) is 0 Å². The number of rotatable bonds is 3. The second-order valence-electron chi connectivity index (χ2n) is 5.29. The predicted molar refractivity (Wildman–Crippen MR) is 81.9 cm³/mol. The first-order valence-corrected chi connectivity index (χ1v) is 7.73. The van der Waals surface area contributed by atoms with Gasteiger partial charge in [-0.05, 0) is 31.0 Å². The van der Waals surface area contributed by atoms with Crippen molar-refractivity contribution in [1.29, 1.82) is 0 Å². The van der Waals surface area contributed by atoms with Gasteiger partial charge in [-0.3, -0.25) is 9.59 Å². The smallest absolute Gasteiger partial charge is 0.308 e. The molecule has 1 aromatic rings. The monoisotopic (exact) mass is 329 g/mol. The number of hydrogen-bond donors (Lipinski definition) is 2. The van der Waals surface area contributed by atoms with Crippen molar-refractivity contribution in [2.75, 3.05) is 0 Å². The number of carbonyl (C=O) groups is 2. The molecule has 4 nitrogen and oxygen atoms in total. The number of amides is 1. The van der Waals surface area contributed by atoms with Crippen LogP contribution in [0.5, 0.6) is 0 Å². The summed E-state index contributed by atoms with van der Waals surface area (Å²) in [7, 11) is 0. The SMILES string of the molecule is O=C(N[C@H]1CCCCC[C@H]1C(=O)O)c1ccc(Cl)cc1Cl. The van der Waals surface area contributed by atoms with Crippen LogP contribution in [0.1, 0.15) is 42.5 Å². The van der Waals surface area contributed by atoms with Crippen molar-refractivity contribution in [3.63, 3.8) is 0 Å². The lowest BCUT2D eigenvalue weighted by molar-refractivity contribution is -0.142. The van der Waals surface area contributed by atoms with Crippen LogP contribution in [0.25, 0.3) is 0 Å². The maximum absolute atomic E-state index is 12.3. The summed E-state index contributed by atoms with van der Waals surface area (Å²) in [6, 6.07) is 4.28. The second kappa shape index (κ2) is 7.14. The minimum Gasteiger partial charge on any atom is -0.481 e. The number of hydrogen-bond acceptors (Lipinski definition) is 2. The summed E-state index contributed by atoms with van der Waals surface area (Å²) >= 11 is 11.8. The highest BCUT2D eigenvalue weighted by Gasteiger charge is 2.31. The average molecular weight is 330 g/mol. The van der Waals surface area contributed by atoms with Crippen LogP contribution in [-0.2, 0) is 4.79 Å². The molecule has 2 N–H and O–H groups in total. The molecule has 114 valence electrons. The topological polar surface area (TPSA) is 66.4 Å². The van der Waals surface area contributed by atoms with Crippen molar-refractivity contribution in [1.82, 2.24) is 5.32 Å². The predicted octanol–water partition coefficient (Wildman–Crippen LogP) is 3.76. The number of halogens is 2. The fraction of sp³-hybridized carbons (Fsp3) is 0.467. The molecule has 0 unspecified atom stereocenters. The molecule has 1 aliphatic rings. The molecule has 0 aliphatic heterocycles. The largest absolute Gasteiger partial charge is 0.481 e. The van der Waals surface area contributed by atoms with Crippen molar-refractivity contribution < 1.29 is 14.7 Å². The van der Waals surface area contributed by atoms with E-state index in [1.54, 1.807) is 12.1 Å². The zero-order valence-corrected chi connectivity index (χ0v) is 13.0. The van der Waals surface area contributed by atoms with Crippen molar-refractivity contribution in [2.24, 2.45) is 5.92 Å². The molecule has 0 spiro atoms. The van der Waals surface area contributed by atoms with E-state index < -0.39 is 11.9 Å². The fourth-order valence-electron chi connectivity index (χ4n) is 2.70. The van der Waals surface area contributed by atoms with Gasteiger partial charge in [0.2, 0.25) is 0 Å². The normalized spacial score (nSPS) is 22.4. The van der Waals surface area contributed by atoms with Gasteiger partial charge in [0.15, 0.2) is 0 Å². The average Bonchev–Trinajstić information content (AvgIpc) is 2.63. The van der Waals surface area contributed by atoms with Gasteiger partial charge >= 0.3 is 5.97 Å². The highest BCUT2D eigenvalue weighted by molar-refractivity contribution is 6.36. The molecule has 6 heteroatoms. The minimum absolute atomic E-state index is 0.264. The first kappa shape index (κ1) is 16.1. The Kier molecular flexibility index (Phi) is 5.48. The standard InChI is InChI=1S/C15H17Cl2NO3/c16-9-6-7-10(12(17)8-9)14(19)18-13-5-3-1-2-4-11(13)15(20)21/h6-8,11,13H,1-5H2,(H,18,19)(H,20,21)/t11-,13+/m1/s1. The minimum atomic E-state index is -0.857. The van der Waals surface area contributed by atoms with Gasteiger partial charge < -0.3 is 10.4 Å². The van der Waals surface area contributed by atoms with Crippen LogP contribution < -0.4 is 5.32 Å². The number of benzene rings is 1. The summed E-state index contributed by atoms with van der Waals surface area (Å²) in [5.74, 6) is -1.75. The van der Waals surface area contributed by atoms with Crippen LogP contribution in [0.15, 0.2) is 18.2 Å². The summed E-state index contributed by atoms with van der Waals surface area (Å²) < 4.78 is 0. The number of carboxylic acids is 1. The molecular formula is C15H17Cl2NO3. The lowest BCUT2D eigenvalue weighted by Crippen LogP contribution is -2.42. The van der Waals surface area contributed by atoms with Crippen LogP contribution >= 0.6 is 23.2 Å². The highest BCUT2D eigenvalue weighted by atomic mass is 35.5. The van der Waals surface area contributed by atoms with E-state index in [1.165, 1.54) is 6.07 Å². The number of carbonyl (C=O) groups excluding carboxylic acids is 1. The maximum atomic E-state index is 12.3. The lowest BCUT2D eigenvalue weighted by Gasteiger charge is -2.23. The van der Waals surface area contributed by atoms with Crippen molar-refractivity contribution in [3.8, 4) is 0 Å². The summed E-state index contributed by atoms with van der Waals surface area (Å²) in [5.41, 5.74) is 0.314. The Morgan fingerprint density at radius 3 is 2.52 bits per heavy atom. The van der Waals surface area contributed by atoms with E-state index in [1.807, 2.05) is 0 Å². The second-order valence-corrected chi connectivity index (χ2v) is 6.13. The molecular weight excluding hydrogens is 313 g/mol. The molecule has 2 atom stereocenters. The quantitative estimate of drug-likeness (QED) is 0.830. The van der Waals surface area contributed by atoms with Crippen molar-refractivity contribution >= 4 is 35.1 Å². The maximum Gasteiger partial charge on any atom is 0.308 e. The van der Waals surface area contributed by atoms with E-state index in [4.69, 9.17) is 23.2 Å². The van der Waals surface area contributed by atoms with Crippen LogP contribution in [0.2, 0.25) is 10.0 Å². The third-order valence-electron chi connectivity index (χ3n) is 3.83. The van der Waals surface area contributed by atoms with E-state index in [0.29, 0.717) is 23.4 Å². The summed E-state index contributed by atoms with van der Waals surface area (Å²) in [5, 5.41) is 12.9. The van der Waals surface area contributed by atoms with Crippen molar-refractivity contribution in [3.05, 3.63) is 33.8 Å². The molecule has 0 heterocycles. The zero-order valence-electron chi connectivity index (χ0n) is 11.4. The summed E-state index contributed by atoms with van der Waals surface area (Å²) in [4.78, 5) is 23.6. The first-order chi connectivity index (χ1) is 9.99. The molecule has 21 heavy (non-hydrogen) atoms. The molecule has 1 aliphatic carbocycles. The van der Waals surface area contributed by atoms with E-state index in [0.717, 1.165) is 19.3 Å². The Morgan fingerprint density at radius 1 is 1.14 bits per heavy atom. The van der Waals surface area contributed by atoms with E-state index in [9.17, 15) is 14.7 Å². The Balaban J connectivity index is 2.14. The Hall–Kier alpha value is -1.26. The van der Waals surface area contributed by atoms with E-state index in [-0.39, 0.29) is 17.0 Å². The molecule has 1 fully saturated rings. The van der Waals surface area contributed by atoms with Gasteiger partial charge in [-0.15, -0.1) is 0 Å². The molecule has 0 radical (unpaired) electrons. The molecule has 2 rings (SSSR count). The molecule has 0 bridgehead atoms. The molecule has 1 amide bonds. The van der Waals surface area contributed by atoms with Gasteiger partial charge in [0.25, 0.3) is 5.91 Å². The van der Waals surface area contributed by atoms with Crippen LogP contribution in [0, 0.1) is 5.92 Å². The third-order valence-corrected chi connectivity index (χ3v) is 4.37. The van der Waals surface area contributed by atoms with Gasteiger partial charge in [0.1, 0.15) is 0 Å². The Labute approximate surface area is 133 Å². The van der Waals surface area contributed by atoms with Gasteiger partial charge in [0.05, 0.1) is 16.5 Å². The van der Waals surface area contributed by atoms with E-state index in [2.05, 4.69) is 5.32 Å². The molecule has 1 saturated carbocycles. The van der Waals surface area contributed by atoms with E-state index >= 15 is 0 Å². The van der Waals surface area contributed by atoms with Gasteiger partial charge in [-0.1, -0.05) is 42.5 Å². The Bertz CT molecular complexity index is 548. The lowest BCUT2D eigenvalue weighted by atomic mass is 9.94. The van der Waals surface area contributed by atoms with Gasteiger partial charge in [0, 0.05) is 11.1 Å². The van der Waals surface area contributed by atoms with Gasteiger partial charge in [-0.25, -0.2) is 0 Å². The van der Waals surface area contributed by atoms with Gasteiger partial charge in [-0.2, -0.15) is 0 Å². The first-order valence-electron chi connectivity index (χ1n) is 6.98. The summed E-state index contributed by atoms with van der Waals surface area (Å²) in [6.45, 7) is 0. The molecule has 1 aromatic carbocycles. The number of aliphatic carboxylic acids is 1. The van der Waals surface area contributed by atoms with Crippen LogP contribution in [-0.4, -0.2) is 23.0 Å². The fourth-order valence-corrected chi connectivity index (χ4v) is 3.19. The molecule has 0 saturated heterocycles. The third kappa shape index (κ3) is 4.11. The number of nitrogens with one attached hydrogen (secondary N) is 1. The van der Waals surface area contributed by atoms with Crippen LogP contribution in [0.4, 0.5) is 0 Å². The number of carboxylic acid groups (broad SMARTS) is 1. The van der Waals surface area contributed by atoms with Crippen molar-refractivity contribution in [2.45, 2.75) is 38.1 Å². The highest BCUT2D eigenvalue weighted by Crippen LogP contribution is 2.25.